The molecule has 2 aromatic carbocycles. The highest BCUT2D eigenvalue weighted by atomic mass is 79.9. The van der Waals surface area contributed by atoms with Gasteiger partial charge in [-0.2, -0.15) is 9.52 Å². The van der Waals surface area contributed by atoms with Gasteiger partial charge in [0.15, 0.2) is 0 Å². The van der Waals surface area contributed by atoms with E-state index in [1.165, 1.54) is 10.7 Å². The normalized spacial score (nSPS) is 17.5. The molecule has 2 aromatic rings. The van der Waals surface area contributed by atoms with Gasteiger partial charge in [-0.15, -0.1) is 0 Å². The zero-order valence-corrected chi connectivity index (χ0v) is 16.8. The van der Waals surface area contributed by atoms with Crippen LogP contribution in [-0.2, 0) is 10.0 Å². The van der Waals surface area contributed by atoms with E-state index in [0.717, 1.165) is 27.0 Å². The van der Waals surface area contributed by atoms with Crippen LogP contribution in [0.1, 0.15) is 23.6 Å². The molecule has 0 saturated heterocycles. The maximum atomic E-state index is 12.2. The summed E-state index contributed by atoms with van der Waals surface area (Å²) >= 11 is 3.41. The van der Waals surface area contributed by atoms with E-state index in [4.69, 9.17) is 0 Å². The molecule has 0 radical (unpaired) electrons. The Morgan fingerprint density at radius 3 is 2.20 bits per heavy atom. The second-order valence-electron chi connectivity index (χ2n) is 6.30. The summed E-state index contributed by atoms with van der Waals surface area (Å²) in [5.41, 5.74) is 3.74. The van der Waals surface area contributed by atoms with Crippen LogP contribution in [0.15, 0.2) is 58.1 Å². The quantitative estimate of drug-likeness (QED) is 0.756. The van der Waals surface area contributed by atoms with Gasteiger partial charge in [0.2, 0.25) is 10.0 Å². The van der Waals surface area contributed by atoms with Crippen molar-refractivity contribution in [2.24, 2.45) is 5.10 Å². The largest absolute Gasteiger partial charge is 0.378 e. The number of sulfonamides is 1. The highest BCUT2D eigenvalue weighted by Gasteiger charge is 2.34. The molecule has 1 aliphatic heterocycles. The molecule has 0 bridgehead atoms. The first-order chi connectivity index (χ1) is 11.8. The van der Waals surface area contributed by atoms with Crippen molar-refractivity contribution in [3.05, 3.63) is 64.1 Å². The number of hydrazone groups is 1. The van der Waals surface area contributed by atoms with E-state index in [-0.39, 0.29) is 6.04 Å². The van der Waals surface area contributed by atoms with Gasteiger partial charge < -0.3 is 4.90 Å². The van der Waals surface area contributed by atoms with Gasteiger partial charge in [-0.25, -0.2) is 8.42 Å². The van der Waals surface area contributed by atoms with Crippen molar-refractivity contribution in [1.82, 2.24) is 4.41 Å². The molecule has 0 spiro atoms. The van der Waals surface area contributed by atoms with E-state index in [9.17, 15) is 8.42 Å². The van der Waals surface area contributed by atoms with Crippen LogP contribution in [-0.4, -0.2) is 38.9 Å². The highest BCUT2D eigenvalue weighted by Crippen LogP contribution is 2.35. The molecule has 0 aliphatic carbocycles. The Kier molecular flexibility index (Phi) is 4.88. The first kappa shape index (κ1) is 17.9. The number of halogens is 1. The molecule has 0 aromatic heterocycles. The minimum absolute atomic E-state index is 0.313. The summed E-state index contributed by atoms with van der Waals surface area (Å²) in [5.74, 6) is 0. The van der Waals surface area contributed by atoms with Crippen LogP contribution < -0.4 is 4.90 Å². The van der Waals surface area contributed by atoms with E-state index in [1.807, 2.05) is 67.5 Å². The summed E-state index contributed by atoms with van der Waals surface area (Å²) in [6.07, 6.45) is 1.75. The first-order valence-corrected chi connectivity index (χ1v) is 10.5. The van der Waals surface area contributed by atoms with Crippen LogP contribution in [0.4, 0.5) is 5.69 Å². The topological polar surface area (TPSA) is 53.0 Å². The van der Waals surface area contributed by atoms with Crippen LogP contribution in [0.5, 0.6) is 0 Å². The lowest BCUT2D eigenvalue weighted by molar-refractivity contribution is 0.375. The van der Waals surface area contributed by atoms with E-state index < -0.39 is 10.0 Å². The van der Waals surface area contributed by atoms with Crippen LogP contribution in [0.25, 0.3) is 0 Å². The van der Waals surface area contributed by atoms with Crippen LogP contribution in [0.2, 0.25) is 0 Å². The zero-order valence-electron chi connectivity index (χ0n) is 14.3. The van der Waals surface area contributed by atoms with Gasteiger partial charge in [0.25, 0.3) is 0 Å². The molecule has 1 aliphatic rings. The molecule has 1 unspecified atom stereocenters. The third kappa shape index (κ3) is 3.88. The van der Waals surface area contributed by atoms with E-state index in [0.29, 0.717) is 6.42 Å². The molecule has 0 N–H and O–H groups in total. The molecule has 25 heavy (non-hydrogen) atoms. The Morgan fingerprint density at radius 2 is 1.68 bits per heavy atom. The van der Waals surface area contributed by atoms with Crippen molar-refractivity contribution in [1.29, 1.82) is 0 Å². The second kappa shape index (κ2) is 6.80. The molecule has 132 valence electrons. The van der Waals surface area contributed by atoms with Crippen LogP contribution in [0.3, 0.4) is 0 Å². The van der Waals surface area contributed by atoms with Gasteiger partial charge in [0.05, 0.1) is 18.0 Å². The van der Waals surface area contributed by atoms with Gasteiger partial charge in [-0.3, -0.25) is 0 Å². The van der Waals surface area contributed by atoms with Gasteiger partial charge in [0, 0.05) is 30.7 Å². The number of rotatable bonds is 4. The number of hydrogen-bond donors (Lipinski definition) is 0. The van der Waals surface area contributed by atoms with Crippen molar-refractivity contribution in [2.75, 3.05) is 25.3 Å². The molecular weight excluding hydrogens is 402 g/mol. The van der Waals surface area contributed by atoms with E-state index >= 15 is 0 Å². The summed E-state index contributed by atoms with van der Waals surface area (Å²) in [4.78, 5) is 2.02. The minimum atomic E-state index is -3.45. The summed E-state index contributed by atoms with van der Waals surface area (Å²) in [6, 6.07) is 15.4. The summed E-state index contributed by atoms with van der Waals surface area (Å²) < 4.78 is 26.6. The van der Waals surface area contributed by atoms with E-state index in [2.05, 4.69) is 21.0 Å². The van der Waals surface area contributed by atoms with Crippen molar-refractivity contribution >= 4 is 37.4 Å². The molecule has 0 fully saturated rings. The summed E-state index contributed by atoms with van der Waals surface area (Å²) in [5, 5.41) is 4.42. The highest BCUT2D eigenvalue weighted by molar-refractivity contribution is 9.10. The van der Waals surface area contributed by atoms with Gasteiger partial charge >= 0.3 is 0 Å². The van der Waals surface area contributed by atoms with E-state index in [1.54, 1.807) is 0 Å². The Morgan fingerprint density at radius 1 is 1.08 bits per heavy atom. The number of benzene rings is 2. The molecule has 1 atom stereocenters. The fourth-order valence-electron chi connectivity index (χ4n) is 2.85. The molecule has 0 saturated carbocycles. The molecule has 3 rings (SSSR count). The lowest BCUT2D eigenvalue weighted by Crippen LogP contribution is -2.25. The standard InChI is InChI=1S/C18H20BrN3O2S/c1-21(2)16-10-6-13(7-11-16)17-12-18(22(20-17)25(3,23)24)14-4-8-15(19)9-5-14/h4-11,18H,12H2,1-3H3. The molecular formula is C18H20BrN3O2S. The predicted octanol–water partition coefficient (Wildman–Crippen LogP) is 3.63. The Balaban J connectivity index is 1.95. The SMILES string of the molecule is CN(C)c1ccc(C2=NN(S(C)(=O)=O)C(c3ccc(Br)cc3)C2)cc1. The second-order valence-corrected chi connectivity index (χ2v) is 9.05. The summed E-state index contributed by atoms with van der Waals surface area (Å²) in [6.45, 7) is 0. The Bertz CT molecular complexity index is 891. The number of nitrogens with zero attached hydrogens (tertiary/aromatic N) is 3. The average Bonchev–Trinajstić information content (AvgIpc) is 3.01. The molecule has 7 heteroatoms. The van der Waals surface area contributed by atoms with Crippen molar-refractivity contribution in [2.45, 2.75) is 12.5 Å². The third-order valence-electron chi connectivity index (χ3n) is 4.18. The monoisotopic (exact) mass is 421 g/mol. The van der Waals surface area contributed by atoms with Crippen LogP contribution >= 0.6 is 15.9 Å². The third-order valence-corrected chi connectivity index (χ3v) is 5.73. The molecule has 0 amide bonds. The van der Waals surface area contributed by atoms with Gasteiger partial charge in [-0.1, -0.05) is 40.2 Å². The molecule has 5 nitrogen and oxygen atoms in total. The van der Waals surface area contributed by atoms with Crippen LogP contribution in [0, 0.1) is 0 Å². The predicted molar refractivity (Wildman–Crippen MR) is 105 cm³/mol. The average molecular weight is 422 g/mol. The van der Waals surface area contributed by atoms with Crippen molar-refractivity contribution in [3.63, 3.8) is 0 Å². The van der Waals surface area contributed by atoms with Crippen molar-refractivity contribution in [3.8, 4) is 0 Å². The maximum absolute atomic E-state index is 12.2. The first-order valence-electron chi connectivity index (χ1n) is 7.86. The van der Waals surface area contributed by atoms with Crippen molar-refractivity contribution < 1.29 is 8.42 Å². The minimum Gasteiger partial charge on any atom is -0.378 e. The van der Waals surface area contributed by atoms with Gasteiger partial charge in [0.1, 0.15) is 0 Å². The fraction of sp³-hybridized carbons (Fsp3) is 0.278. The smallest absolute Gasteiger partial charge is 0.247 e. The van der Waals surface area contributed by atoms with Gasteiger partial charge in [-0.05, 0) is 35.4 Å². The Labute approximate surface area is 157 Å². The maximum Gasteiger partial charge on any atom is 0.247 e. The number of hydrogen-bond acceptors (Lipinski definition) is 4. The Hall–Kier alpha value is -1.86. The summed E-state index contributed by atoms with van der Waals surface area (Å²) in [7, 11) is 0.520. The molecule has 1 heterocycles. The fourth-order valence-corrected chi connectivity index (χ4v) is 4.02. The lowest BCUT2D eigenvalue weighted by atomic mass is 9.99. The number of anilines is 1. The lowest BCUT2D eigenvalue weighted by Gasteiger charge is -2.21. The zero-order chi connectivity index (χ0) is 18.2.